The van der Waals surface area contributed by atoms with E-state index in [4.69, 9.17) is 21.1 Å². The number of alkyl halides is 1. The second-order valence-corrected chi connectivity index (χ2v) is 5.72. The van der Waals surface area contributed by atoms with Crippen molar-refractivity contribution in [3.05, 3.63) is 51.8 Å². The Kier molecular flexibility index (Phi) is 5.48. The minimum absolute atomic E-state index is 0.393. The maximum absolute atomic E-state index is 5.99. The van der Waals surface area contributed by atoms with Gasteiger partial charge in [0.25, 0.3) is 0 Å². The van der Waals surface area contributed by atoms with Crippen molar-refractivity contribution in [2.24, 2.45) is 0 Å². The zero-order chi connectivity index (χ0) is 15.4. The van der Waals surface area contributed by atoms with Crippen LogP contribution in [0, 0.1) is 13.8 Å². The van der Waals surface area contributed by atoms with Gasteiger partial charge in [0.1, 0.15) is 18.1 Å². The smallest absolute Gasteiger partial charge is 0.131 e. The molecule has 0 aliphatic carbocycles. The van der Waals surface area contributed by atoms with Crippen molar-refractivity contribution >= 4 is 27.5 Å². The normalized spacial score (nSPS) is 10.5. The predicted molar refractivity (Wildman–Crippen MR) is 88.7 cm³/mol. The van der Waals surface area contributed by atoms with Gasteiger partial charge in [0, 0.05) is 33.2 Å². The molecule has 1 heterocycles. The summed E-state index contributed by atoms with van der Waals surface area (Å²) in [5, 5.41) is 1.38. The Labute approximate surface area is 138 Å². The maximum Gasteiger partial charge on any atom is 0.131 e. The van der Waals surface area contributed by atoms with Crippen molar-refractivity contribution in [3.63, 3.8) is 0 Å². The van der Waals surface area contributed by atoms with E-state index in [0.29, 0.717) is 17.0 Å². The lowest BCUT2D eigenvalue weighted by atomic mass is 10.1. The summed E-state index contributed by atoms with van der Waals surface area (Å²) >= 11 is 9.43. The number of benzene rings is 1. The second kappa shape index (κ2) is 7.14. The molecule has 0 unspecified atom stereocenters. The van der Waals surface area contributed by atoms with E-state index in [1.807, 2.05) is 32.0 Å². The highest BCUT2D eigenvalue weighted by molar-refractivity contribution is 9.08. The number of aromatic nitrogens is 1. The zero-order valence-corrected chi connectivity index (χ0v) is 14.6. The van der Waals surface area contributed by atoms with Crippen LogP contribution in [0.4, 0.5) is 0 Å². The summed E-state index contributed by atoms with van der Waals surface area (Å²) in [7, 11) is 1.67. The van der Waals surface area contributed by atoms with Gasteiger partial charge in [-0.05, 0) is 32.0 Å². The van der Waals surface area contributed by atoms with Crippen molar-refractivity contribution < 1.29 is 9.47 Å². The molecule has 0 saturated carbocycles. The monoisotopic (exact) mass is 369 g/mol. The molecule has 2 aromatic rings. The number of halogens is 2. The number of ether oxygens (including phenoxy) is 2. The predicted octanol–water partition coefficient (Wildman–Crippen LogP) is 4.83. The van der Waals surface area contributed by atoms with Crippen LogP contribution in [0.25, 0.3) is 0 Å². The Balaban J connectivity index is 2.21. The Morgan fingerprint density at radius 3 is 2.71 bits per heavy atom. The van der Waals surface area contributed by atoms with Crippen molar-refractivity contribution in [1.29, 1.82) is 0 Å². The van der Waals surface area contributed by atoms with Gasteiger partial charge in [0.2, 0.25) is 0 Å². The molecule has 2 rings (SSSR count). The first kappa shape index (κ1) is 16.1. The molecular formula is C16H17BrClNO2. The first-order valence-corrected chi connectivity index (χ1v) is 8.03. The molecule has 0 radical (unpaired) electrons. The lowest BCUT2D eigenvalue weighted by Gasteiger charge is -2.14. The van der Waals surface area contributed by atoms with Crippen LogP contribution in [0.1, 0.15) is 22.4 Å². The third-order valence-corrected chi connectivity index (χ3v) is 4.12. The summed E-state index contributed by atoms with van der Waals surface area (Å²) in [5.74, 6) is 1.66. The molecule has 0 spiro atoms. The number of pyridine rings is 1. The van der Waals surface area contributed by atoms with E-state index in [9.17, 15) is 0 Å². The molecule has 0 amide bonds. The third kappa shape index (κ3) is 3.69. The van der Waals surface area contributed by atoms with Gasteiger partial charge in [0.15, 0.2) is 0 Å². The van der Waals surface area contributed by atoms with Gasteiger partial charge in [-0.2, -0.15) is 0 Å². The van der Waals surface area contributed by atoms with Crippen LogP contribution in [-0.4, -0.2) is 12.1 Å². The summed E-state index contributed by atoms with van der Waals surface area (Å²) in [4.78, 5) is 4.43. The first-order valence-electron chi connectivity index (χ1n) is 6.53. The topological polar surface area (TPSA) is 31.4 Å². The van der Waals surface area contributed by atoms with Crippen molar-refractivity contribution in [3.8, 4) is 11.5 Å². The Hall–Kier alpha value is -1.26. The average Bonchev–Trinajstić information content (AvgIpc) is 2.48. The largest absolute Gasteiger partial charge is 0.496 e. The molecule has 21 heavy (non-hydrogen) atoms. The van der Waals surface area contributed by atoms with Crippen molar-refractivity contribution in [1.82, 2.24) is 4.98 Å². The van der Waals surface area contributed by atoms with E-state index in [-0.39, 0.29) is 0 Å². The number of methoxy groups -OCH3 is 1. The van der Waals surface area contributed by atoms with E-state index in [0.717, 1.165) is 33.9 Å². The molecule has 3 nitrogen and oxygen atoms in total. The molecule has 1 aromatic heterocycles. The van der Waals surface area contributed by atoms with Crippen LogP contribution in [0.2, 0.25) is 5.02 Å². The highest BCUT2D eigenvalue weighted by Gasteiger charge is 2.11. The lowest BCUT2D eigenvalue weighted by molar-refractivity contribution is 0.296. The zero-order valence-electron chi connectivity index (χ0n) is 12.2. The highest BCUT2D eigenvalue weighted by Crippen LogP contribution is 2.28. The SMILES string of the molecule is COc1c(C)cnc(COc2ccc(Cl)cc2CBr)c1C. The number of nitrogens with zero attached hydrogens (tertiary/aromatic N) is 1. The van der Waals surface area contributed by atoms with E-state index in [1.165, 1.54) is 0 Å². The molecular weight excluding hydrogens is 354 g/mol. The van der Waals surface area contributed by atoms with Gasteiger partial charge in [0.05, 0.1) is 12.8 Å². The standard InChI is InChI=1S/C16H17BrClNO2/c1-10-8-19-14(11(2)16(10)20-3)9-21-15-5-4-13(18)6-12(15)7-17/h4-6,8H,7,9H2,1-3H3. The Bertz CT molecular complexity index is 646. The molecule has 0 bridgehead atoms. The molecule has 0 saturated heterocycles. The van der Waals surface area contributed by atoms with Gasteiger partial charge >= 0.3 is 0 Å². The van der Waals surface area contributed by atoms with Gasteiger partial charge in [-0.25, -0.2) is 0 Å². The number of hydrogen-bond donors (Lipinski definition) is 0. The first-order chi connectivity index (χ1) is 10.1. The summed E-state index contributed by atoms with van der Waals surface area (Å²) in [6.45, 7) is 4.36. The minimum atomic E-state index is 0.393. The number of hydrogen-bond acceptors (Lipinski definition) is 3. The molecule has 0 atom stereocenters. The lowest BCUT2D eigenvalue weighted by Crippen LogP contribution is -2.05. The fourth-order valence-corrected chi connectivity index (χ4v) is 2.79. The minimum Gasteiger partial charge on any atom is -0.496 e. The van der Waals surface area contributed by atoms with Crippen LogP contribution in [-0.2, 0) is 11.9 Å². The van der Waals surface area contributed by atoms with E-state index in [2.05, 4.69) is 20.9 Å². The van der Waals surface area contributed by atoms with Crippen molar-refractivity contribution in [2.75, 3.05) is 7.11 Å². The number of rotatable bonds is 5. The van der Waals surface area contributed by atoms with Crippen molar-refractivity contribution in [2.45, 2.75) is 25.8 Å². The molecule has 1 aromatic carbocycles. The maximum atomic E-state index is 5.99. The van der Waals surface area contributed by atoms with Gasteiger partial charge in [-0.1, -0.05) is 27.5 Å². The fourth-order valence-electron chi connectivity index (χ4n) is 2.16. The highest BCUT2D eigenvalue weighted by atomic mass is 79.9. The van der Waals surface area contributed by atoms with Gasteiger partial charge in [-0.15, -0.1) is 0 Å². The average molecular weight is 371 g/mol. The third-order valence-electron chi connectivity index (χ3n) is 3.28. The number of aryl methyl sites for hydroxylation is 1. The van der Waals surface area contributed by atoms with E-state index < -0.39 is 0 Å². The van der Waals surface area contributed by atoms with Gasteiger partial charge in [-0.3, -0.25) is 4.98 Å². The van der Waals surface area contributed by atoms with Crippen LogP contribution in [0.5, 0.6) is 11.5 Å². The quantitative estimate of drug-likeness (QED) is 0.706. The molecule has 5 heteroatoms. The summed E-state index contributed by atoms with van der Waals surface area (Å²) < 4.78 is 11.3. The molecule has 0 aliphatic rings. The second-order valence-electron chi connectivity index (χ2n) is 4.72. The van der Waals surface area contributed by atoms with Crippen LogP contribution >= 0.6 is 27.5 Å². The Morgan fingerprint density at radius 1 is 1.29 bits per heavy atom. The Morgan fingerprint density at radius 2 is 2.05 bits per heavy atom. The molecule has 0 N–H and O–H groups in total. The summed E-state index contributed by atoms with van der Waals surface area (Å²) in [5.41, 5.74) is 3.91. The molecule has 0 aliphatic heterocycles. The van der Waals surface area contributed by atoms with E-state index >= 15 is 0 Å². The molecule has 112 valence electrons. The summed E-state index contributed by atoms with van der Waals surface area (Å²) in [6.07, 6.45) is 1.80. The van der Waals surface area contributed by atoms with Crippen LogP contribution in [0.3, 0.4) is 0 Å². The van der Waals surface area contributed by atoms with E-state index in [1.54, 1.807) is 13.3 Å². The summed E-state index contributed by atoms with van der Waals surface area (Å²) in [6, 6.07) is 5.58. The van der Waals surface area contributed by atoms with Gasteiger partial charge < -0.3 is 9.47 Å². The van der Waals surface area contributed by atoms with Crippen LogP contribution in [0.15, 0.2) is 24.4 Å². The molecule has 0 fully saturated rings. The van der Waals surface area contributed by atoms with Crippen LogP contribution < -0.4 is 9.47 Å². The fraction of sp³-hybridized carbons (Fsp3) is 0.312.